The number of rotatable bonds is 7. The van der Waals surface area contributed by atoms with E-state index < -0.39 is 20.0 Å². The second-order valence-corrected chi connectivity index (χ2v) is 9.43. The summed E-state index contributed by atoms with van der Waals surface area (Å²) in [5.41, 5.74) is 0. The highest BCUT2D eigenvalue weighted by molar-refractivity contribution is 7.92. The summed E-state index contributed by atoms with van der Waals surface area (Å²) < 4.78 is 57.2. The SMILES string of the molecule is C=CS(=O)(=O)NC[C@H]1CCN(S(=O)(=O)c2cc(Cl)ccc2OC)C1. The molecular formula is C14H19ClN2O5S2. The lowest BCUT2D eigenvalue weighted by atomic mass is 10.1. The van der Waals surface area contributed by atoms with Crippen molar-refractivity contribution in [1.29, 1.82) is 0 Å². The van der Waals surface area contributed by atoms with Crippen LogP contribution in [0.3, 0.4) is 0 Å². The third kappa shape index (κ3) is 4.28. The molecule has 0 unspecified atom stereocenters. The molecule has 1 aromatic rings. The number of hydrogen-bond acceptors (Lipinski definition) is 5. The quantitative estimate of drug-likeness (QED) is 0.755. The lowest BCUT2D eigenvalue weighted by Crippen LogP contribution is -2.32. The fourth-order valence-electron chi connectivity index (χ4n) is 2.47. The van der Waals surface area contributed by atoms with Gasteiger partial charge in [-0.15, -0.1) is 0 Å². The first-order chi connectivity index (χ1) is 11.2. The monoisotopic (exact) mass is 394 g/mol. The summed E-state index contributed by atoms with van der Waals surface area (Å²) >= 11 is 5.91. The van der Waals surface area contributed by atoms with Crippen LogP contribution in [0.1, 0.15) is 6.42 Å². The van der Waals surface area contributed by atoms with Gasteiger partial charge in [0.15, 0.2) is 0 Å². The maximum atomic E-state index is 12.8. The Kier molecular flexibility index (Phi) is 5.92. The van der Waals surface area contributed by atoms with Gasteiger partial charge in [0.2, 0.25) is 20.0 Å². The van der Waals surface area contributed by atoms with Crippen LogP contribution in [0.2, 0.25) is 5.02 Å². The maximum absolute atomic E-state index is 12.8. The lowest BCUT2D eigenvalue weighted by Gasteiger charge is -2.18. The van der Waals surface area contributed by atoms with E-state index >= 15 is 0 Å². The number of benzene rings is 1. The Balaban J connectivity index is 2.15. The summed E-state index contributed by atoms with van der Waals surface area (Å²) in [6, 6.07) is 4.40. The Morgan fingerprint density at radius 3 is 2.75 bits per heavy atom. The van der Waals surface area contributed by atoms with E-state index in [2.05, 4.69) is 11.3 Å². The van der Waals surface area contributed by atoms with Crippen molar-refractivity contribution < 1.29 is 21.6 Å². The van der Waals surface area contributed by atoms with Gasteiger partial charge in [-0.2, -0.15) is 4.31 Å². The van der Waals surface area contributed by atoms with E-state index in [0.29, 0.717) is 18.0 Å². The molecule has 0 amide bonds. The first kappa shape index (κ1) is 19.2. The summed E-state index contributed by atoms with van der Waals surface area (Å²) in [4.78, 5) is 0.00447. The lowest BCUT2D eigenvalue weighted by molar-refractivity contribution is 0.397. The minimum absolute atomic E-state index is 0.00447. The molecule has 1 fully saturated rings. The van der Waals surface area contributed by atoms with E-state index in [1.54, 1.807) is 6.07 Å². The molecule has 0 saturated carbocycles. The normalized spacial score (nSPS) is 19.3. The molecule has 24 heavy (non-hydrogen) atoms. The van der Waals surface area contributed by atoms with Gasteiger partial charge in [0.1, 0.15) is 10.6 Å². The van der Waals surface area contributed by atoms with Gasteiger partial charge < -0.3 is 4.74 Å². The van der Waals surface area contributed by atoms with E-state index in [1.807, 2.05) is 0 Å². The Hall–Kier alpha value is -1.13. The van der Waals surface area contributed by atoms with Crippen molar-refractivity contribution in [2.75, 3.05) is 26.7 Å². The highest BCUT2D eigenvalue weighted by Gasteiger charge is 2.34. The van der Waals surface area contributed by atoms with Gasteiger partial charge in [0.25, 0.3) is 0 Å². The van der Waals surface area contributed by atoms with Crippen LogP contribution in [0.25, 0.3) is 0 Å². The minimum atomic E-state index is -3.77. The second kappa shape index (κ2) is 7.40. The van der Waals surface area contributed by atoms with Crippen molar-refractivity contribution in [3.8, 4) is 5.75 Å². The smallest absolute Gasteiger partial charge is 0.246 e. The van der Waals surface area contributed by atoms with E-state index in [4.69, 9.17) is 16.3 Å². The molecule has 0 spiro atoms. The fraction of sp³-hybridized carbons (Fsp3) is 0.429. The molecule has 1 atom stereocenters. The highest BCUT2D eigenvalue weighted by atomic mass is 35.5. The first-order valence-electron chi connectivity index (χ1n) is 7.15. The number of methoxy groups -OCH3 is 1. The van der Waals surface area contributed by atoms with Crippen LogP contribution in [0, 0.1) is 5.92 Å². The molecule has 0 aliphatic carbocycles. The standard InChI is InChI=1S/C14H19ClN2O5S2/c1-3-23(18,19)16-9-11-6-7-17(10-11)24(20,21)14-8-12(15)4-5-13(14)22-2/h3-5,8,11,16H,1,6-7,9-10H2,2H3/t11-/m1/s1. The molecule has 0 radical (unpaired) electrons. The summed E-state index contributed by atoms with van der Waals surface area (Å²) in [6.45, 7) is 3.90. The number of halogens is 1. The van der Waals surface area contributed by atoms with Gasteiger partial charge in [-0.25, -0.2) is 21.6 Å². The van der Waals surface area contributed by atoms with Crippen LogP contribution in [-0.2, 0) is 20.0 Å². The highest BCUT2D eigenvalue weighted by Crippen LogP contribution is 2.32. The van der Waals surface area contributed by atoms with Crippen molar-refractivity contribution in [2.24, 2.45) is 5.92 Å². The number of sulfonamides is 2. The maximum Gasteiger partial charge on any atom is 0.246 e. The molecule has 1 heterocycles. The average molecular weight is 395 g/mol. The zero-order chi connectivity index (χ0) is 18.0. The first-order valence-corrected chi connectivity index (χ1v) is 10.5. The summed E-state index contributed by atoms with van der Waals surface area (Å²) in [6.07, 6.45) is 0.557. The van der Waals surface area contributed by atoms with E-state index in [1.165, 1.54) is 23.5 Å². The Bertz CT molecular complexity index is 824. The third-order valence-electron chi connectivity index (χ3n) is 3.78. The van der Waals surface area contributed by atoms with Crippen LogP contribution < -0.4 is 9.46 Å². The molecule has 10 heteroatoms. The summed E-state index contributed by atoms with van der Waals surface area (Å²) in [7, 11) is -5.90. The average Bonchev–Trinajstić information content (AvgIpc) is 3.03. The van der Waals surface area contributed by atoms with Gasteiger partial charge >= 0.3 is 0 Å². The van der Waals surface area contributed by atoms with Crippen molar-refractivity contribution in [3.63, 3.8) is 0 Å². The Labute approximate surface area is 147 Å². The molecule has 1 aliphatic heterocycles. The van der Waals surface area contributed by atoms with E-state index in [0.717, 1.165) is 5.41 Å². The molecular weight excluding hydrogens is 376 g/mol. The molecule has 2 rings (SSSR count). The molecule has 134 valence electrons. The van der Waals surface area contributed by atoms with Crippen LogP contribution in [0.15, 0.2) is 35.1 Å². The molecule has 7 nitrogen and oxygen atoms in total. The van der Waals surface area contributed by atoms with Gasteiger partial charge in [0, 0.05) is 30.1 Å². The van der Waals surface area contributed by atoms with Crippen LogP contribution in [0.5, 0.6) is 5.75 Å². The van der Waals surface area contributed by atoms with Crippen LogP contribution in [-0.4, -0.2) is 47.9 Å². The van der Waals surface area contributed by atoms with Crippen molar-refractivity contribution in [1.82, 2.24) is 9.03 Å². The van der Waals surface area contributed by atoms with Gasteiger partial charge in [-0.1, -0.05) is 18.2 Å². The topological polar surface area (TPSA) is 92.8 Å². The summed E-state index contributed by atoms with van der Waals surface area (Å²) in [5.74, 6) is 0.106. The molecule has 1 aromatic carbocycles. The number of hydrogen-bond donors (Lipinski definition) is 1. The van der Waals surface area contributed by atoms with Crippen LogP contribution in [0.4, 0.5) is 0 Å². The number of nitrogens with zero attached hydrogens (tertiary/aromatic N) is 1. The van der Waals surface area contributed by atoms with Crippen molar-refractivity contribution in [3.05, 3.63) is 35.2 Å². The zero-order valence-electron chi connectivity index (χ0n) is 13.1. The Morgan fingerprint density at radius 2 is 2.12 bits per heavy atom. The largest absolute Gasteiger partial charge is 0.495 e. The van der Waals surface area contributed by atoms with Gasteiger partial charge in [-0.05, 0) is 30.5 Å². The minimum Gasteiger partial charge on any atom is -0.495 e. The third-order valence-corrected chi connectivity index (χ3v) is 6.91. The molecule has 0 aromatic heterocycles. The van der Waals surface area contributed by atoms with Gasteiger partial charge in [0.05, 0.1) is 7.11 Å². The van der Waals surface area contributed by atoms with E-state index in [9.17, 15) is 16.8 Å². The van der Waals surface area contributed by atoms with E-state index in [-0.39, 0.29) is 29.7 Å². The predicted molar refractivity (Wildman–Crippen MR) is 92.0 cm³/mol. The number of nitrogens with one attached hydrogen (secondary N) is 1. The van der Waals surface area contributed by atoms with Crippen LogP contribution >= 0.6 is 11.6 Å². The second-order valence-electron chi connectivity index (χ2n) is 5.37. The molecule has 1 aliphatic rings. The molecule has 1 saturated heterocycles. The fourth-order valence-corrected chi connectivity index (χ4v) is 5.00. The van der Waals surface area contributed by atoms with Crippen molar-refractivity contribution in [2.45, 2.75) is 11.3 Å². The Morgan fingerprint density at radius 1 is 1.42 bits per heavy atom. The van der Waals surface area contributed by atoms with Crippen molar-refractivity contribution >= 4 is 31.6 Å². The predicted octanol–water partition coefficient (Wildman–Crippen LogP) is 1.42. The molecule has 0 bridgehead atoms. The zero-order valence-corrected chi connectivity index (χ0v) is 15.5. The number of ether oxygens (including phenoxy) is 1. The van der Waals surface area contributed by atoms with Gasteiger partial charge in [-0.3, -0.25) is 0 Å². The summed E-state index contributed by atoms with van der Waals surface area (Å²) in [5, 5.41) is 1.12. The molecule has 1 N–H and O–H groups in total.